The molecule has 24 heavy (non-hydrogen) atoms. The Bertz CT molecular complexity index is 707. The van der Waals surface area contributed by atoms with Crippen molar-refractivity contribution < 1.29 is 4.39 Å². The molecule has 1 fully saturated rings. The van der Waals surface area contributed by atoms with Crippen LogP contribution in [0, 0.1) is 12.7 Å². The van der Waals surface area contributed by atoms with Crippen molar-refractivity contribution in [2.24, 2.45) is 5.10 Å². The van der Waals surface area contributed by atoms with Gasteiger partial charge >= 0.3 is 0 Å². The van der Waals surface area contributed by atoms with Gasteiger partial charge in [-0.2, -0.15) is 5.10 Å². The Labute approximate surface area is 150 Å². The lowest BCUT2D eigenvalue weighted by molar-refractivity contribution is 0.131. The van der Waals surface area contributed by atoms with Crippen LogP contribution in [0.5, 0.6) is 0 Å². The maximum Gasteiger partial charge on any atom is 0.132 e. The standard InChI is InChI=1S/C19H21BrFN3/c1-15-2-4-16(5-3-15)14-23-8-10-24(11-9-23)22-13-17-12-18(20)6-7-19(17)21/h2-7,12-13H,8-11,14H2,1H3/b22-13-. The largest absolute Gasteiger partial charge is 0.295 e. The summed E-state index contributed by atoms with van der Waals surface area (Å²) >= 11 is 3.36. The van der Waals surface area contributed by atoms with Crippen molar-refractivity contribution in [1.29, 1.82) is 0 Å². The molecule has 0 atom stereocenters. The normalized spacial score (nSPS) is 16.0. The van der Waals surface area contributed by atoms with Crippen LogP contribution < -0.4 is 0 Å². The van der Waals surface area contributed by atoms with Crippen LogP contribution >= 0.6 is 15.9 Å². The minimum Gasteiger partial charge on any atom is -0.295 e. The first-order chi connectivity index (χ1) is 11.6. The fourth-order valence-electron chi connectivity index (χ4n) is 2.72. The molecule has 126 valence electrons. The number of halogens is 2. The molecule has 0 spiro atoms. The Morgan fingerprint density at radius 2 is 1.79 bits per heavy atom. The summed E-state index contributed by atoms with van der Waals surface area (Å²) in [6.07, 6.45) is 1.61. The molecule has 1 aliphatic heterocycles. The van der Waals surface area contributed by atoms with Gasteiger partial charge in [-0.1, -0.05) is 45.8 Å². The fourth-order valence-corrected chi connectivity index (χ4v) is 3.10. The number of hydrazone groups is 1. The maximum absolute atomic E-state index is 13.7. The molecule has 0 aliphatic carbocycles. The predicted molar refractivity (Wildman–Crippen MR) is 99.7 cm³/mol. The monoisotopic (exact) mass is 389 g/mol. The van der Waals surface area contributed by atoms with Crippen LogP contribution in [0.1, 0.15) is 16.7 Å². The molecule has 0 unspecified atom stereocenters. The predicted octanol–water partition coefficient (Wildman–Crippen LogP) is 4.05. The number of benzene rings is 2. The average molecular weight is 390 g/mol. The summed E-state index contributed by atoms with van der Waals surface area (Å²) in [6, 6.07) is 13.6. The minimum absolute atomic E-state index is 0.250. The SMILES string of the molecule is Cc1ccc(CN2CCN(/N=C\c3cc(Br)ccc3F)CC2)cc1. The van der Waals surface area contributed by atoms with Crippen molar-refractivity contribution in [1.82, 2.24) is 9.91 Å². The van der Waals surface area contributed by atoms with Crippen LogP contribution in [-0.4, -0.2) is 42.3 Å². The summed E-state index contributed by atoms with van der Waals surface area (Å²) < 4.78 is 14.6. The quantitative estimate of drug-likeness (QED) is 0.734. The molecule has 0 amide bonds. The molecule has 0 radical (unpaired) electrons. The van der Waals surface area contributed by atoms with Crippen molar-refractivity contribution in [3.8, 4) is 0 Å². The summed E-state index contributed by atoms with van der Waals surface area (Å²) in [5.74, 6) is -0.250. The summed E-state index contributed by atoms with van der Waals surface area (Å²) in [6.45, 7) is 6.72. The van der Waals surface area contributed by atoms with E-state index >= 15 is 0 Å². The number of hydrogen-bond acceptors (Lipinski definition) is 3. The van der Waals surface area contributed by atoms with E-state index in [1.54, 1.807) is 18.3 Å². The number of nitrogens with zero attached hydrogens (tertiary/aromatic N) is 3. The Hall–Kier alpha value is -1.72. The number of hydrogen-bond donors (Lipinski definition) is 0. The molecule has 0 N–H and O–H groups in total. The topological polar surface area (TPSA) is 18.8 Å². The first-order valence-electron chi connectivity index (χ1n) is 8.12. The summed E-state index contributed by atoms with van der Waals surface area (Å²) in [5, 5.41) is 6.44. The second-order valence-electron chi connectivity index (χ2n) is 6.13. The zero-order valence-electron chi connectivity index (χ0n) is 13.8. The second kappa shape index (κ2) is 7.90. The number of piperazine rings is 1. The van der Waals surface area contributed by atoms with Gasteiger partial charge in [0.15, 0.2) is 0 Å². The Morgan fingerprint density at radius 1 is 1.08 bits per heavy atom. The third kappa shape index (κ3) is 4.65. The molecular formula is C19H21BrFN3. The zero-order chi connectivity index (χ0) is 16.9. The summed E-state index contributed by atoms with van der Waals surface area (Å²) in [4.78, 5) is 2.43. The number of aryl methyl sites for hydroxylation is 1. The van der Waals surface area contributed by atoms with Crippen LogP contribution in [0.4, 0.5) is 4.39 Å². The smallest absolute Gasteiger partial charge is 0.132 e. The lowest BCUT2D eigenvalue weighted by Crippen LogP contribution is -2.43. The Kier molecular flexibility index (Phi) is 5.63. The second-order valence-corrected chi connectivity index (χ2v) is 7.04. The van der Waals surface area contributed by atoms with Gasteiger partial charge in [-0.15, -0.1) is 0 Å². The third-order valence-electron chi connectivity index (χ3n) is 4.19. The molecule has 3 nitrogen and oxygen atoms in total. The van der Waals surface area contributed by atoms with Crippen molar-refractivity contribution in [2.45, 2.75) is 13.5 Å². The van der Waals surface area contributed by atoms with E-state index in [4.69, 9.17) is 0 Å². The van der Waals surface area contributed by atoms with E-state index in [1.165, 1.54) is 17.2 Å². The molecule has 5 heteroatoms. The molecule has 0 bridgehead atoms. The third-order valence-corrected chi connectivity index (χ3v) is 4.69. The van der Waals surface area contributed by atoms with Crippen LogP contribution in [-0.2, 0) is 6.54 Å². The molecule has 1 heterocycles. The molecule has 2 aromatic rings. The van der Waals surface area contributed by atoms with Crippen LogP contribution in [0.2, 0.25) is 0 Å². The molecule has 0 saturated carbocycles. The van der Waals surface area contributed by atoms with E-state index < -0.39 is 0 Å². The van der Waals surface area contributed by atoms with E-state index in [-0.39, 0.29) is 5.82 Å². The van der Waals surface area contributed by atoms with Gasteiger partial charge in [0.2, 0.25) is 0 Å². The highest BCUT2D eigenvalue weighted by atomic mass is 79.9. The first-order valence-corrected chi connectivity index (χ1v) is 8.91. The average Bonchev–Trinajstić information content (AvgIpc) is 2.59. The maximum atomic E-state index is 13.7. The van der Waals surface area contributed by atoms with E-state index in [1.807, 2.05) is 5.01 Å². The lowest BCUT2D eigenvalue weighted by atomic mass is 10.1. The van der Waals surface area contributed by atoms with Crippen molar-refractivity contribution in [3.63, 3.8) is 0 Å². The zero-order valence-corrected chi connectivity index (χ0v) is 15.3. The Balaban J connectivity index is 1.52. The van der Waals surface area contributed by atoms with E-state index in [2.05, 4.69) is 57.1 Å². The number of rotatable bonds is 4. The van der Waals surface area contributed by atoms with Crippen LogP contribution in [0.3, 0.4) is 0 Å². The highest BCUT2D eigenvalue weighted by Gasteiger charge is 2.15. The van der Waals surface area contributed by atoms with Gasteiger partial charge < -0.3 is 0 Å². The first kappa shape index (κ1) is 17.1. The fraction of sp³-hybridized carbons (Fsp3) is 0.316. The molecule has 1 aliphatic rings. The molecule has 1 saturated heterocycles. The van der Waals surface area contributed by atoms with E-state index in [0.717, 1.165) is 37.2 Å². The van der Waals surface area contributed by atoms with E-state index in [9.17, 15) is 4.39 Å². The van der Waals surface area contributed by atoms with Gasteiger partial charge in [-0.05, 0) is 30.7 Å². The summed E-state index contributed by atoms with van der Waals surface area (Å²) in [5.41, 5.74) is 3.14. The lowest BCUT2D eigenvalue weighted by Gasteiger charge is -2.33. The van der Waals surface area contributed by atoms with Crippen molar-refractivity contribution in [3.05, 3.63) is 69.4 Å². The molecule has 2 aromatic carbocycles. The van der Waals surface area contributed by atoms with Crippen LogP contribution in [0.25, 0.3) is 0 Å². The van der Waals surface area contributed by atoms with Gasteiger partial charge in [0.25, 0.3) is 0 Å². The van der Waals surface area contributed by atoms with Gasteiger partial charge in [0.05, 0.1) is 6.21 Å². The minimum atomic E-state index is -0.250. The van der Waals surface area contributed by atoms with E-state index in [0.29, 0.717) is 5.56 Å². The van der Waals surface area contributed by atoms with Crippen molar-refractivity contribution in [2.75, 3.05) is 26.2 Å². The molecule has 0 aromatic heterocycles. The summed E-state index contributed by atoms with van der Waals surface area (Å²) in [7, 11) is 0. The van der Waals surface area contributed by atoms with Gasteiger partial charge in [-0.3, -0.25) is 9.91 Å². The molecule has 3 rings (SSSR count). The highest BCUT2D eigenvalue weighted by molar-refractivity contribution is 9.10. The van der Waals surface area contributed by atoms with Crippen molar-refractivity contribution >= 4 is 22.1 Å². The van der Waals surface area contributed by atoms with Crippen LogP contribution in [0.15, 0.2) is 52.0 Å². The highest BCUT2D eigenvalue weighted by Crippen LogP contribution is 2.15. The Morgan fingerprint density at radius 3 is 2.50 bits per heavy atom. The van der Waals surface area contributed by atoms with Gasteiger partial charge in [0.1, 0.15) is 5.82 Å². The van der Waals surface area contributed by atoms with Gasteiger partial charge in [-0.25, -0.2) is 4.39 Å². The molecular weight excluding hydrogens is 369 g/mol. The van der Waals surface area contributed by atoms with Gasteiger partial charge in [0, 0.05) is 42.8 Å².